The summed E-state index contributed by atoms with van der Waals surface area (Å²) < 4.78 is 5.63. The molecule has 24 heavy (non-hydrogen) atoms. The molecule has 0 heterocycles. The van der Waals surface area contributed by atoms with E-state index < -0.39 is 16.7 Å². The Morgan fingerprint density at radius 2 is 1.71 bits per heavy atom. The lowest BCUT2D eigenvalue weighted by molar-refractivity contribution is -0.384. The molecule has 0 atom stereocenters. The third kappa shape index (κ3) is 4.07. The van der Waals surface area contributed by atoms with Gasteiger partial charge in [-0.05, 0) is 34.1 Å². The average molecular weight is 394 g/mol. The molecular weight excluding hydrogens is 382 g/mol. The Labute approximate surface area is 145 Å². The standard InChI is InChI=1S/C15H12BrN3O5/c1-24-13-7-6-9(19(22)23)8-12(13)18-15(21)14(20)17-11-5-3-2-4-10(11)16/h2-8H,1H3,(H,17,20)(H,18,21). The van der Waals surface area contributed by atoms with E-state index in [1.165, 1.54) is 19.2 Å². The summed E-state index contributed by atoms with van der Waals surface area (Å²) in [5.41, 5.74) is 0.208. The summed E-state index contributed by atoms with van der Waals surface area (Å²) in [5, 5.41) is 15.6. The van der Waals surface area contributed by atoms with Crippen LogP contribution in [0.2, 0.25) is 0 Å². The molecule has 0 aliphatic carbocycles. The Morgan fingerprint density at radius 3 is 2.29 bits per heavy atom. The molecular formula is C15H12BrN3O5. The van der Waals surface area contributed by atoms with Crippen LogP contribution in [0.5, 0.6) is 5.75 Å². The van der Waals surface area contributed by atoms with Crippen LogP contribution in [0.3, 0.4) is 0 Å². The maximum Gasteiger partial charge on any atom is 0.314 e. The summed E-state index contributed by atoms with van der Waals surface area (Å²) in [5.74, 6) is -1.71. The fraction of sp³-hybridized carbons (Fsp3) is 0.0667. The largest absolute Gasteiger partial charge is 0.495 e. The molecule has 0 fully saturated rings. The Bertz CT molecular complexity index is 809. The van der Waals surface area contributed by atoms with Crippen molar-refractivity contribution in [3.63, 3.8) is 0 Å². The number of methoxy groups -OCH3 is 1. The van der Waals surface area contributed by atoms with E-state index in [2.05, 4.69) is 26.6 Å². The minimum absolute atomic E-state index is 0.0268. The molecule has 2 rings (SSSR count). The number of rotatable bonds is 4. The molecule has 0 spiro atoms. The molecule has 0 aromatic heterocycles. The molecule has 0 saturated carbocycles. The fourth-order valence-corrected chi connectivity index (χ4v) is 2.21. The number of hydrogen-bond donors (Lipinski definition) is 2. The van der Waals surface area contributed by atoms with E-state index >= 15 is 0 Å². The molecule has 9 heteroatoms. The molecule has 2 aromatic carbocycles. The van der Waals surface area contributed by atoms with Crippen LogP contribution >= 0.6 is 15.9 Å². The van der Waals surface area contributed by atoms with Gasteiger partial charge in [0.25, 0.3) is 5.69 Å². The second-order valence-corrected chi connectivity index (χ2v) is 5.38. The number of halogens is 1. The molecule has 0 unspecified atom stereocenters. The van der Waals surface area contributed by atoms with Gasteiger partial charge in [0.05, 0.1) is 23.4 Å². The van der Waals surface area contributed by atoms with Crippen molar-refractivity contribution < 1.29 is 19.2 Å². The number of nitrogens with zero attached hydrogens (tertiary/aromatic N) is 1. The lowest BCUT2D eigenvalue weighted by atomic mass is 10.2. The molecule has 124 valence electrons. The molecule has 0 saturated heterocycles. The maximum atomic E-state index is 12.0. The number of carbonyl (C=O) groups is 2. The van der Waals surface area contributed by atoms with Crippen molar-refractivity contribution in [2.75, 3.05) is 17.7 Å². The molecule has 2 amide bonds. The van der Waals surface area contributed by atoms with E-state index in [0.717, 1.165) is 6.07 Å². The Morgan fingerprint density at radius 1 is 1.08 bits per heavy atom. The van der Waals surface area contributed by atoms with Gasteiger partial charge >= 0.3 is 11.8 Å². The van der Waals surface area contributed by atoms with E-state index in [0.29, 0.717) is 10.2 Å². The maximum absolute atomic E-state index is 12.0. The van der Waals surface area contributed by atoms with E-state index in [1.807, 2.05) is 0 Å². The molecule has 2 N–H and O–H groups in total. The first-order valence-corrected chi connectivity index (χ1v) is 7.41. The summed E-state index contributed by atoms with van der Waals surface area (Å²) in [4.78, 5) is 34.2. The lowest BCUT2D eigenvalue weighted by Gasteiger charge is -2.10. The van der Waals surface area contributed by atoms with E-state index in [4.69, 9.17) is 4.74 Å². The summed E-state index contributed by atoms with van der Waals surface area (Å²) in [6.45, 7) is 0. The number of ether oxygens (including phenoxy) is 1. The second-order valence-electron chi connectivity index (χ2n) is 4.53. The monoisotopic (exact) mass is 393 g/mol. The van der Waals surface area contributed by atoms with Crippen LogP contribution in [0.15, 0.2) is 46.9 Å². The molecule has 0 aliphatic rings. The van der Waals surface area contributed by atoms with Crippen LogP contribution in [0, 0.1) is 10.1 Å². The Hall–Kier alpha value is -2.94. The Kier molecular flexibility index (Phi) is 5.48. The number of nitro groups is 1. The van der Waals surface area contributed by atoms with E-state index in [9.17, 15) is 19.7 Å². The highest BCUT2D eigenvalue weighted by atomic mass is 79.9. The summed E-state index contributed by atoms with van der Waals surface area (Å²) in [6.07, 6.45) is 0. The predicted molar refractivity (Wildman–Crippen MR) is 91.0 cm³/mol. The number of para-hydroxylation sites is 1. The highest BCUT2D eigenvalue weighted by Crippen LogP contribution is 2.29. The van der Waals surface area contributed by atoms with Gasteiger partial charge in [-0.25, -0.2) is 0 Å². The van der Waals surface area contributed by atoms with Crippen molar-refractivity contribution in [2.45, 2.75) is 0 Å². The lowest BCUT2D eigenvalue weighted by Crippen LogP contribution is -2.29. The molecule has 0 radical (unpaired) electrons. The van der Waals surface area contributed by atoms with Gasteiger partial charge in [0, 0.05) is 16.6 Å². The third-order valence-corrected chi connectivity index (χ3v) is 3.66. The van der Waals surface area contributed by atoms with Crippen molar-refractivity contribution in [1.29, 1.82) is 0 Å². The smallest absolute Gasteiger partial charge is 0.314 e. The number of amides is 2. The van der Waals surface area contributed by atoms with Crippen LogP contribution in [-0.2, 0) is 9.59 Å². The van der Waals surface area contributed by atoms with Crippen LogP contribution in [0.4, 0.5) is 17.1 Å². The van der Waals surface area contributed by atoms with Crippen LogP contribution in [0.1, 0.15) is 0 Å². The minimum atomic E-state index is -0.982. The number of hydrogen-bond acceptors (Lipinski definition) is 5. The summed E-state index contributed by atoms with van der Waals surface area (Å²) >= 11 is 3.25. The molecule has 8 nitrogen and oxygen atoms in total. The number of nitrogens with one attached hydrogen (secondary N) is 2. The molecule has 0 bridgehead atoms. The second kappa shape index (κ2) is 7.55. The van der Waals surface area contributed by atoms with Crippen molar-refractivity contribution in [2.24, 2.45) is 0 Å². The number of anilines is 2. The Balaban J connectivity index is 2.16. The molecule has 2 aromatic rings. The van der Waals surface area contributed by atoms with Crippen LogP contribution in [-0.4, -0.2) is 23.8 Å². The SMILES string of the molecule is COc1ccc([N+](=O)[O-])cc1NC(=O)C(=O)Nc1ccccc1Br. The fourth-order valence-electron chi connectivity index (χ4n) is 1.83. The van der Waals surface area contributed by atoms with Crippen molar-refractivity contribution in [3.8, 4) is 5.75 Å². The zero-order chi connectivity index (χ0) is 17.7. The van der Waals surface area contributed by atoms with Gasteiger partial charge in [-0.15, -0.1) is 0 Å². The van der Waals surface area contributed by atoms with Gasteiger partial charge in [0.15, 0.2) is 0 Å². The van der Waals surface area contributed by atoms with Crippen LogP contribution < -0.4 is 15.4 Å². The minimum Gasteiger partial charge on any atom is -0.495 e. The van der Waals surface area contributed by atoms with E-state index in [1.54, 1.807) is 24.3 Å². The van der Waals surface area contributed by atoms with Crippen molar-refractivity contribution in [3.05, 3.63) is 57.1 Å². The first-order valence-electron chi connectivity index (χ1n) is 6.61. The highest BCUT2D eigenvalue weighted by molar-refractivity contribution is 9.10. The number of carbonyl (C=O) groups excluding carboxylic acids is 2. The van der Waals surface area contributed by atoms with Crippen LogP contribution in [0.25, 0.3) is 0 Å². The zero-order valence-electron chi connectivity index (χ0n) is 12.4. The quantitative estimate of drug-likeness (QED) is 0.471. The van der Waals surface area contributed by atoms with Crippen molar-refractivity contribution in [1.82, 2.24) is 0 Å². The first kappa shape index (κ1) is 17.4. The van der Waals surface area contributed by atoms with E-state index in [-0.39, 0.29) is 17.1 Å². The van der Waals surface area contributed by atoms with Gasteiger partial charge in [0.2, 0.25) is 0 Å². The number of non-ortho nitro benzene ring substituents is 1. The normalized spacial score (nSPS) is 9.92. The van der Waals surface area contributed by atoms with Gasteiger partial charge in [-0.3, -0.25) is 19.7 Å². The van der Waals surface area contributed by atoms with Gasteiger partial charge in [-0.1, -0.05) is 12.1 Å². The number of benzene rings is 2. The van der Waals surface area contributed by atoms with Gasteiger partial charge < -0.3 is 15.4 Å². The van der Waals surface area contributed by atoms with Crippen molar-refractivity contribution >= 4 is 44.8 Å². The van der Waals surface area contributed by atoms with Gasteiger partial charge in [-0.2, -0.15) is 0 Å². The first-order chi connectivity index (χ1) is 11.4. The van der Waals surface area contributed by atoms with Gasteiger partial charge in [0.1, 0.15) is 5.75 Å². The highest BCUT2D eigenvalue weighted by Gasteiger charge is 2.19. The molecule has 0 aliphatic heterocycles. The number of nitro benzene ring substituents is 1. The third-order valence-electron chi connectivity index (χ3n) is 2.97. The topological polar surface area (TPSA) is 111 Å². The summed E-state index contributed by atoms with van der Waals surface area (Å²) in [7, 11) is 1.35. The zero-order valence-corrected chi connectivity index (χ0v) is 14.0. The average Bonchev–Trinajstić information content (AvgIpc) is 2.56. The summed E-state index contributed by atoms with van der Waals surface area (Å²) in [6, 6.07) is 10.5. The predicted octanol–water partition coefficient (Wildman–Crippen LogP) is 2.94.